The summed E-state index contributed by atoms with van der Waals surface area (Å²) in [5.41, 5.74) is 5.65. The predicted molar refractivity (Wildman–Crippen MR) is 74.1 cm³/mol. The number of pyridine rings is 1. The number of amides is 3. The Kier molecular flexibility index (Phi) is 6.12. The average molecular weight is 294 g/mol. The Hall–Kier alpha value is -2.64. The molecule has 0 saturated carbocycles. The van der Waals surface area contributed by atoms with E-state index in [4.69, 9.17) is 10.8 Å². The number of rotatable bonds is 7. The second kappa shape index (κ2) is 7.83. The lowest BCUT2D eigenvalue weighted by Crippen LogP contribution is -2.46. The lowest BCUT2D eigenvalue weighted by Gasteiger charge is -2.21. The van der Waals surface area contributed by atoms with Crippen molar-refractivity contribution in [1.29, 1.82) is 0 Å². The molecule has 1 rings (SSSR count). The number of carboxylic acids is 1. The van der Waals surface area contributed by atoms with Gasteiger partial charge in [-0.25, -0.2) is 9.59 Å². The van der Waals surface area contributed by atoms with Crippen LogP contribution in [0.5, 0.6) is 0 Å². The van der Waals surface area contributed by atoms with E-state index in [1.165, 1.54) is 11.9 Å². The van der Waals surface area contributed by atoms with Gasteiger partial charge in [-0.1, -0.05) is 6.07 Å². The minimum atomic E-state index is -1.21. The Morgan fingerprint density at radius 1 is 1.43 bits per heavy atom. The smallest absolute Gasteiger partial charge is 0.326 e. The lowest BCUT2D eigenvalue weighted by atomic mass is 10.1. The predicted octanol–water partition coefficient (Wildman–Crippen LogP) is -0.0583. The number of nitrogens with two attached hydrogens (primary N) is 1. The highest BCUT2D eigenvalue weighted by Gasteiger charge is 2.22. The van der Waals surface area contributed by atoms with Crippen molar-refractivity contribution in [3.8, 4) is 0 Å². The standard InChI is InChI=1S/C13H18N4O4/c1-17(8-9-4-2-3-7-15-9)13(21)16-10(12(19)20)5-6-11(14)18/h2-4,7,10H,5-6,8H2,1H3,(H2,14,18)(H,16,21)(H,19,20). The minimum absolute atomic E-state index is 0.0478. The number of hydrogen-bond acceptors (Lipinski definition) is 4. The molecule has 3 amide bonds. The van der Waals surface area contributed by atoms with Crippen LogP contribution in [0.2, 0.25) is 0 Å². The molecule has 0 bridgehead atoms. The monoisotopic (exact) mass is 294 g/mol. The van der Waals surface area contributed by atoms with E-state index in [-0.39, 0.29) is 19.4 Å². The van der Waals surface area contributed by atoms with E-state index in [0.29, 0.717) is 5.69 Å². The first kappa shape index (κ1) is 16.4. The number of nitrogens with zero attached hydrogens (tertiary/aromatic N) is 2. The fourth-order valence-electron chi connectivity index (χ4n) is 1.61. The van der Waals surface area contributed by atoms with Gasteiger partial charge >= 0.3 is 12.0 Å². The van der Waals surface area contributed by atoms with E-state index in [9.17, 15) is 14.4 Å². The molecule has 0 fully saturated rings. The fraction of sp³-hybridized carbons (Fsp3) is 0.385. The summed E-state index contributed by atoms with van der Waals surface area (Å²) in [5, 5.41) is 11.4. The first-order chi connectivity index (χ1) is 9.90. The first-order valence-corrected chi connectivity index (χ1v) is 6.32. The van der Waals surface area contributed by atoms with Gasteiger partial charge in [0, 0.05) is 19.7 Å². The van der Waals surface area contributed by atoms with Gasteiger partial charge in [0.1, 0.15) is 6.04 Å². The summed E-state index contributed by atoms with van der Waals surface area (Å²) in [4.78, 5) is 39.0. The van der Waals surface area contributed by atoms with Crippen LogP contribution in [0.15, 0.2) is 24.4 Å². The largest absolute Gasteiger partial charge is 0.480 e. The Morgan fingerprint density at radius 3 is 2.67 bits per heavy atom. The molecule has 114 valence electrons. The maximum Gasteiger partial charge on any atom is 0.326 e. The van der Waals surface area contributed by atoms with Crippen molar-refractivity contribution in [3.63, 3.8) is 0 Å². The lowest BCUT2D eigenvalue weighted by molar-refractivity contribution is -0.139. The Balaban J connectivity index is 2.56. The van der Waals surface area contributed by atoms with Crippen molar-refractivity contribution >= 4 is 17.9 Å². The quantitative estimate of drug-likeness (QED) is 0.649. The zero-order valence-corrected chi connectivity index (χ0v) is 11.7. The van der Waals surface area contributed by atoms with Gasteiger partial charge in [0.05, 0.1) is 12.2 Å². The summed E-state index contributed by atoms with van der Waals surface area (Å²) in [5.74, 6) is -1.83. The Labute approximate surface area is 121 Å². The van der Waals surface area contributed by atoms with Gasteiger partial charge in [-0.15, -0.1) is 0 Å². The van der Waals surface area contributed by atoms with Gasteiger partial charge in [0.15, 0.2) is 0 Å². The fourth-order valence-corrected chi connectivity index (χ4v) is 1.61. The Bertz CT molecular complexity index is 506. The number of primary amides is 1. The molecule has 8 nitrogen and oxygen atoms in total. The number of carboxylic acid groups (broad SMARTS) is 1. The number of nitrogens with one attached hydrogen (secondary N) is 1. The highest BCUT2D eigenvalue weighted by atomic mass is 16.4. The normalized spacial score (nSPS) is 11.5. The van der Waals surface area contributed by atoms with Gasteiger partial charge in [0.2, 0.25) is 5.91 Å². The van der Waals surface area contributed by atoms with Crippen LogP contribution < -0.4 is 11.1 Å². The third-order valence-corrected chi connectivity index (χ3v) is 2.75. The molecule has 0 saturated heterocycles. The molecule has 0 spiro atoms. The molecule has 0 aliphatic heterocycles. The molecule has 8 heteroatoms. The number of aliphatic carboxylic acids is 1. The molecule has 1 aromatic rings. The van der Waals surface area contributed by atoms with Crippen molar-refractivity contribution in [2.75, 3.05) is 7.05 Å². The van der Waals surface area contributed by atoms with Crippen molar-refractivity contribution in [3.05, 3.63) is 30.1 Å². The van der Waals surface area contributed by atoms with Crippen LogP contribution in [0, 0.1) is 0 Å². The van der Waals surface area contributed by atoms with Gasteiger partial charge in [-0.3, -0.25) is 9.78 Å². The second-order valence-electron chi connectivity index (χ2n) is 4.52. The highest BCUT2D eigenvalue weighted by molar-refractivity contribution is 5.83. The Morgan fingerprint density at radius 2 is 2.14 bits per heavy atom. The molecule has 21 heavy (non-hydrogen) atoms. The number of carbonyl (C=O) groups excluding carboxylic acids is 2. The third kappa shape index (κ3) is 5.89. The van der Waals surface area contributed by atoms with Crippen LogP contribution in [0.1, 0.15) is 18.5 Å². The van der Waals surface area contributed by atoms with Crippen molar-refractivity contribution in [2.45, 2.75) is 25.4 Å². The van der Waals surface area contributed by atoms with Crippen LogP contribution >= 0.6 is 0 Å². The van der Waals surface area contributed by atoms with E-state index in [0.717, 1.165) is 0 Å². The molecule has 1 atom stereocenters. The molecule has 0 radical (unpaired) electrons. The molecule has 0 aliphatic carbocycles. The molecule has 1 aromatic heterocycles. The molecule has 1 heterocycles. The van der Waals surface area contributed by atoms with Crippen LogP contribution in [0.4, 0.5) is 4.79 Å². The molecule has 0 aliphatic rings. The van der Waals surface area contributed by atoms with Gasteiger partial charge in [-0.2, -0.15) is 0 Å². The number of carbonyl (C=O) groups is 3. The maximum atomic E-state index is 11.9. The number of hydrogen-bond donors (Lipinski definition) is 3. The molecule has 0 aromatic carbocycles. The van der Waals surface area contributed by atoms with Crippen molar-refractivity contribution < 1.29 is 19.5 Å². The zero-order chi connectivity index (χ0) is 15.8. The molecule has 1 unspecified atom stereocenters. The van der Waals surface area contributed by atoms with Crippen LogP contribution in [0.25, 0.3) is 0 Å². The van der Waals surface area contributed by atoms with Gasteiger partial charge in [-0.05, 0) is 18.6 Å². The summed E-state index contributed by atoms with van der Waals surface area (Å²) in [6.07, 6.45) is 1.45. The number of urea groups is 1. The molecular formula is C13H18N4O4. The summed E-state index contributed by atoms with van der Waals surface area (Å²) in [6.45, 7) is 0.245. The van der Waals surface area contributed by atoms with E-state index in [1.807, 2.05) is 0 Å². The highest BCUT2D eigenvalue weighted by Crippen LogP contribution is 2.02. The SMILES string of the molecule is CN(Cc1ccccn1)C(=O)NC(CCC(N)=O)C(=O)O. The van der Waals surface area contributed by atoms with E-state index >= 15 is 0 Å². The second-order valence-corrected chi connectivity index (χ2v) is 4.52. The van der Waals surface area contributed by atoms with Gasteiger partial charge < -0.3 is 21.1 Å². The minimum Gasteiger partial charge on any atom is -0.480 e. The van der Waals surface area contributed by atoms with Crippen molar-refractivity contribution in [1.82, 2.24) is 15.2 Å². The van der Waals surface area contributed by atoms with Crippen molar-refractivity contribution in [2.24, 2.45) is 5.73 Å². The summed E-state index contributed by atoms with van der Waals surface area (Å²) in [7, 11) is 1.52. The summed E-state index contributed by atoms with van der Waals surface area (Å²) >= 11 is 0. The molecular weight excluding hydrogens is 276 g/mol. The van der Waals surface area contributed by atoms with E-state index < -0.39 is 23.9 Å². The van der Waals surface area contributed by atoms with E-state index in [1.54, 1.807) is 24.4 Å². The summed E-state index contributed by atoms with van der Waals surface area (Å²) < 4.78 is 0. The first-order valence-electron chi connectivity index (χ1n) is 6.32. The topological polar surface area (TPSA) is 126 Å². The van der Waals surface area contributed by atoms with E-state index in [2.05, 4.69) is 10.3 Å². The number of aromatic nitrogens is 1. The van der Waals surface area contributed by atoms with Crippen LogP contribution in [-0.4, -0.2) is 46.0 Å². The summed E-state index contributed by atoms with van der Waals surface area (Å²) in [6, 6.07) is 3.59. The zero-order valence-electron chi connectivity index (χ0n) is 11.7. The average Bonchev–Trinajstić information content (AvgIpc) is 2.43. The molecule has 4 N–H and O–H groups in total. The third-order valence-electron chi connectivity index (χ3n) is 2.75. The van der Waals surface area contributed by atoms with Crippen LogP contribution in [-0.2, 0) is 16.1 Å². The maximum absolute atomic E-state index is 11.9. The van der Waals surface area contributed by atoms with Crippen LogP contribution in [0.3, 0.4) is 0 Å². The van der Waals surface area contributed by atoms with Gasteiger partial charge in [0.25, 0.3) is 0 Å².